The normalized spacial score (nSPS) is 14.2. The first-order valence-corrected chi connectivity index (χ1v) is 6.95. The van der Waals surface area contributed by atoms with Crippen LogP contribution < -0.4 is 5.32 Å². The zero-order valence-corrected chi connectivity index (χ0v) is 12.7. The van der Waals surface area contributed by atoms with E-state index in [9.17, 15) is 0 Å². The minimum Gasteiger partial charge on any atom is -0.312 e. The predicted molar refractivity (Wildman–Crippen MR) is 75.5 cm³/mol. The van der Waals surface area contributed by atoms with Gasteiger partial charge >= 0.3 is 0 Å². The number of nitrogens with zero attached hydrogens (tertiary/aromatic N) is 3. The molecule has 1 N–H and O–H groups in total. The van der Waals surface area contributed by atoms with Crippen molar-refractivity contribution in [2.75, 3.05) is 6.54 Å². The highest BCUT2D eigenvalue weighted by molar-refractivity contribution is 4.89. The van der Waals surface area contributed by atoms with E-state index in [1.165, 1.54) is 0 Å². The summed E-state index contributed by atoms with van der Waals surface area (Å²) in [5.74, 6) is 2.34. The Bertz CT molecular complexity index is 349. The van der Waals surface area contributed by atoms with Crippen molar-refractivity contribution in [3.63, 3.8) is 0 Å². The molecule has 104 valence electrons. The highest BCUT2D eigenvalue weighted by atomic mass is 15.3. The molecule has 18 heavy (non-hydrogen) atoms. The lowest BCUT2D eigenvalue weighted by atomic mass is 9.91. The molecular weight excluding hydrogens is 224 g/mol. The van der Waals surface area contributed by atoms with Crippen LogP contribution in [0.1, 0.15) is 47.4 Å². The van der Waals surface area contributed by atoms with Crippen LogP contribution in [0.4, 0.5) is 0 Å². The minimum absolute atomic E-state index is 0.172. The van der Waals surface area contributed by atoms with Gasteiger partial charge in [0.15, 0.2) is 0 Å². The zero-order chi connectivity index (χ0) is 13.8. The molecule has 0 saturated carbocycles. The molecule has 4 heteroatoms. The van der Waals surface area contributed by atoms with Gasteiger partial charge in [-0.25, -0.2) is 4.98 Å². The van der Waals surface area contributed by atoms with Gasteiger partial charge in [0.2, 0.25) is 0 Å². The molecule has 0 radical (unpaired) electrons. The lowest BCUT2D eigenvalue weighted by molar-refractivity contribution is 0.305. The molecule has 1 aromatic rings. The van der Waals surface area contributed by atoms with Gasteiger partial charge in [-0.15, -0.1) is 0 Å². The maximum atomic E-state index is 4.38. The molecule has 1 aromatic heterocycles. The average molecular weight is 252 g/mol. The maximum absolute atomic E-state index is 4.38. The highest BCUT2D eigenvalue weighted by Gasteiger charge is 2.19. The van der Waals surface area contributed by atoms with Crippen molar-refractivity contribution in [2.45, 2.75) is 60.0 Å². The van der Waals surface area contributed by atoms with Crippen LogP contribution in [0.15, 0.2) is 6.33 Å². The molecule has 0 aliphatic heterocycles. The third kappa shape index (κ3) is 4.77. The summed E-state index contributed by atoms with van der Waals surface area (Å²) in [7, 11) is 0. The molecule has 4 nitrogen and oxygen atoms in total. The van der Waals surface area contributed by atoms with Crippen molar-refractivity contribution in [3.05, 3.63) is 12.2 Å². The molecule has 0 fully saturated rings. The van der Waals surface area contributed by atoms with Crippen LogP contribution >= 0.6 is 0 Å². The van der Waals surface area contributed by atoms with Crippen LogP contribution in [0, 0.1) is 11.8 Å². The Balaban J connectivity index is 2.63. The summed E-state index contributed by atoms with van der Waals surface area (Å²) in [4.78, 5) is 4.38. The Morgan fingerprint density at radius 3 is 2.50 bits per heavy atom. The molecule has 1 heterocycles. The number of rotatable bonds is 6. The third-order valence-corrected chi connectivity index (χ3v) is 3.28. The quantitative estimate of drug-likeness (QED) is 0.846. The van der Waals surface area contributed by atoms with Gasteiger partial charge in [-0.05, 0) is 46.1 Å². The predicted octanol–water partition coefficient (Wildman–Crippen LogP) is 2.50. The topological polar surface area (TPSA) is 42.7 Å². The van der Waals surface area contributed by atoms with Crippen LogP contribution in [0.25, 0.3) is 0 Å². The number of hydrogen-bond donors (Lipinski definition) is 1. The summed E-state index contributed by atoms with van der Waals surface area (Å²) < 4.78 is 1.99. The second-order valence-electron chi connectivity index (χ2n) is 6.33. The van der Waals surface area contributed by atoms with E-state index in [0.29, 0.717) is 11.8 Å². The van der Waals surface area contributed by atoms with Crippen molar-refractivity contribution in [1.29, 1.82) is 0 Å². The third-order valence-electron chi connectivity index (χ3n) is 3.28. The van der Waals surface area contributed by atoms with E-state index in [1.54, 1.807) is 6.33 Å². The van der Waals surface area contributed by atoms with E-state index in [4.69, 9.17) is 0 Å². The Hall–Kier alpha value is -0.900. The summed E-state index contributed by atoms with van der Waals surface area (Å²) in [5, 5.41) is 7.84. The summed E-state index contributed by atoms with van der Waals surface area (Å²) in [6.45, 7) is 15.2. The first-order chi connectivity index (χ1) is 8.33. The molecule has 1 atom stereocenters. The van der Waals surface area contributed by atoms with E-state index >= 15 is 0 Å². The Kier molecular flexibility index (Phi) is 5.32. The minimum atomic E-state index is 0.172. The zero-order valence-electron chi connectivity index (χ0n) is 12.7. The maximum Gasteiger partial charge on any atom is 0.138 e. The van der Waals surface area contributed by atoms with E-state index in [-0.39, 0.29) is 5.54 Å². The first kappa shape index (κ1) is 15.2. The fourth-order valence-corrected chi connectivity index (χ4v) is 1.93. The number of hydrogen-bond acceptors (Lipinski definition) is 3. The van der Waals surface area contributed by atoms with Crippen molar-refractivity contribution in [3.8, 4) is 0 Å². The molecule has 0 spiro atoms. The number of aryl methyl sites for hydroxylation is 1. The second-order valence-corrected chi connectivity index (χ2v) is 6.33. The van der Waals surface area contributed by atoms with E-state index in [0.717, 1.165) is 25.3 Å². The van der Waals surface area contributed by atoms with Crippen LogP contribution in [-0.4, -0.2) is 26.8 Å². The van der Waals surface area contributed by atoms with Crippen molar-refractivity contribution >= 4 is 0 Å². The van der Waals surface area contributed by atoms with Crippen molar-refractivity contribution < 1.29 is 0 Å². The molecule has 0 bridgehead atoms. The van der Waals surface area contributed by atoms with Gasteiger partial charge in [0.05, 0.1) is 0 Å². The second kappa shape index (κ2) is 6.32. The molecule has 0 aliphatic carbocycles. The van der Waals surface area contributed by atoms with Gasteiger partial charge in [-0.3, -0.25) is 4.68 Å². The largest absolute Gasteiger partial charge is 0.312 e. The smallest absolute Gasteiger partial charge is 0.138 e. The molecule has 0 saturated heterocycles. The summed E-state index contributed by atoms with van der Waals surface area (Å²) in [5.41, 5.74) is 0.172. The fourth-order valence-electron chi connectivity index (χ4n) is 1.93. The van der Waals surface area contributed by atoms with Gasteiger partial charge in [0.25, 0.3) is 0 Å². The van der Waals surface area contributed by atoms with Crippen molar-refractivity contribution in [2.24, 2.45) is 11.8 Å². The van der Waals surface area contributed by atoms with E-state index < -0.39 is 0 Å². The summed E-state index contributed by atoms with van der Waals surface area (Å²) in [6.07, 6.45) is 2.65. The van der Waals surface area contributed by atoms with Gasteiger partial charge in [0, 0.05) is 18.5 Å². The van der Waals surface area contributed by atoms with Gasteiger partial charge in [0.1, 0.15) is 12.2 Å². The fraction of sp³-hybridized carbons (Fsp3) is 0.857. The molecule has 1 unspecified atom stereocenters. The Morgan fingerprint density at radius 1 is 1.33 bits per heavy atom. The standard InChI is InChI=1S/C14H28N4/c1-7-18-13(15-10-17-18)8-12(11(2)3)9-16-14(4,5)6/h10-12,16H,7-9H2,1-6H3. The van der Waals surface area contributed by atoms with Crippen LogP contribution in [0.3, 0.4) is 0 Å². The first-order valence-electron chi connectivity index (χ1n) is 6.95. The van der Waals surface area contributed by atoms with Gasteiger partial charge in [-0.1, -0.05) is 13.8 Å². The molecular formula is C14H28N4. The average Bonchev–Trinajstić information content (AvgIpc) is 2.69. The molecule has 0 amide bonds. The van der Waals surface area contributed by atoms with E-state index in [2.05, 4.69) is 56.9 Å². The van der Waals surface area contributed by atoms with Crippen LogP contribution in [0.2, 0.25) is 0 Å². The summed E-state index contributed by atoms with van der Waals surface area (Å²) in [6, 6.07) is 0. The SMILES string of the molecule is CCn1ncnc1CC(CNC(C)(C)C)C(C)C. The Labute approximate surface area is 111 Å². The molecule has 0 aromatic carbocycles. The Morgan fingerprint density at radius 2 is 2.00 bits per heavy atom. The van der Waals surface area contributed by atoms with E-state index in [1.807, 2.05) is 4.68 Å². The lowest BCUT2D eigenvalue weighted by Gasteiger charge is -2.27. The van der Waals surface area contributed by atoms with Crippen LogP contribution in [0.5, 0.6) is 0 Å². The van der Waals surface area contributed by atoms with Crippen LogP contribution in [-0.2, 0) is 13.0 Å². The van der Waals surface area contributed by atoms with Gasteiger partial charge < -0.3 is 5.32 Å². The lowest BCUT2D eigenvalue weighted by Crippen LogP contribution is -2.41. The number of nitrogens with one attached hydrogen (secondary N) is 1. The monoisotopic (exact) mass is 252 g/mol. The van der Waals surface area contributed by atoms with Gasteiger partial charge in [-0.2, -0.15) is 5.10 Å². The highest BCUT2D eigenvalue weighted by Crippen LogP contribution is 2.16. The summed E-state index contributed by atoms with van der Waals surface area (Å²) >= 11 is 0. The number of aromatic nitrogens is 3. The molecule has 0 aliphatic rings. The molecule has 1 rings (SSSR count). The van der Waals surface area contributed by atoms with Crippen molar-refractivity contribution in [1.82, 2.24) is 20.1 Å².